The van der Waals surface area contributed by atoms with Crippen molar-refractivity contribution in [3.63, 3.8) is 0 Å². The summed E-state index contributed by atoms with van der Waals surface area (Å²) in [5.74, 6) is -0.285. The van der Waals surface area contributed by atoms with Crippen molar-refractivity contribution in [3.05, 3.63) is 88.2 Å². The minimum atomic E-state index is -0.450. The van der Waals surface area contributed by atoms with Crippen LogP contribution in [-0.2, 0) is 11.3 Å². The molecule has 9 nitrogen and oxygen atoms in total. The average Bonchev–Trinajstić information content (AvgIpc) is 3.18. The number of para-hydroxylation sites is 2. The first-order chi connectivity index (χ1) is 14.1. The highest BCUT2D eigenvalue weighted by Crippen LogP contribution is 2.22. The zero-order valence-electron chi connectivity index (χ0n) is 15.6. The maximum Gasteiger partial charge on any atom is 0.292 e. The van der Waals surface area contributed by atoms with Gasteiger partial charge in [-0.15, -0.1) is 5.10 Å². The van der Waals surface area contributed by atoms with Crippen LogP contribution in [0.1, 0.15) is 11.3 Å². The van der Waals surface area contributed by atoms with Crippen molar-refractivity contribution < 1.29 is 9.72 Å². The van der Waals surface area contributed by atoms with Gasteiger partial charge in [-0.25, -0.2) is 4.68 Å². The zero-order valence-corrected chi connectivity index (χ0v) is 15.6. The van der Waals surface area contributed by atoms with Crippen molar-refractivity contribution in [1.82, 2.24) is 20.3 Å². The summed E-state index contributed by atoms with van der Waals surface area (Å²) in [7, 11) is 0. The molecular weight excluding hydrogens is 372 g/mol. The number of aromatic nitrogens is 3. The molecule has 0 unspecified atom stereocenters. The summed E-state index contributed by atoms with van der Waals surface area (Å²) in [6.07, 6.45) is 4.72. The molecule has 3 aromatic rings. The van der Waals surface area contributed by atoms with Crippen LogP contribution >= 0.6 is 0 Å². The molecule has 0 aliphatic rings. The van der Waals surface area contributed by atoms with Gasteiger partial charge in [0.05, 0.1) is 17.7 Å². The maximum atomic E-state index is 11.9. The Bertz CT molecular complexity index is 1000. The number of nitro groups is 1. The number of rotatable bonds is 9. The number of benzene rings is 2. The molecule has 29 heavy (non-hydrogen) atoms. The minimum Gasteiger partial charge on any atom is -0.378 e. The van der Waals surface area contributed by atoms with Gasteiger partial charge in [-0.2, -0.15) is 0 Å². The molecule has 148 valence electrons. The molecule has 0 saturated heterocycles. The van der Waals surface area contributed by atoms with E-state index in [4.69, 9.17) is 0 Å². The van der Waals surface area contributed by atoms with Gasteiger partial charge < -0.3 is 10.6 Å². The second-order valence-corrected chi connectivity index (χ2v) is 6.15. The summed E-state index contributed by atoms with van der Waals surface area (Å²) < 4.78 is 1.70. The number of nitro benzene ring substituents is 1. The van der Waals surface area contributed by atoms with E-state index in [2.05, 4.69) is 20.9 Å². The Labute approximate surface area is 167 Å². The van der Waals surface area contributed by atoms with E-state index in [0.29, 0.717) is 31.0 Å². The first kappa shape index (κ1) is 19.7. The molecule has 0 aliphatic heterocycles. The van der Waals surface area contributed by atoms with Crippen molar-refractivity contribution >= 4 is 23.4 Å². The Morgan fingerprint density at radius 1 is 1.10 bits per heavy atom. The van der Waals surface area contributed by atoms with Crippen LogP contribution in [0.25, 0.3) is 6.08 Å². The number of nitrogens with zero attached hydrogens (tertiary/aromatic N) is 4. The standard InChI is InChI=1S/C20H20N6O3/c27-20(22-13-12-21-18-8-4-5-9-19(18)26(28)29)11-10-17-15-25(24-23-17)14-16-6-2-1-3-7-16/h1-11,15,21H,12-14H2,(H,22,27)/b11-10+. The SMILES string of the molecule is O=C(/C=C/c1cn(Cc2ccccc2)nn1)NCCNc1ccccc1[N+](=O)[O-]. The Balaban J connectivity index is 1.43. The number of carbonyl (C=O) groups excluding carboxylic acids is 1. The quantitative estimate of drug-likeness (QED) is 0.250. The summed E-state index contributed by atoms with van der Waals surface area (Å²) in [5, 5.41) is 24.7. The molecule has 2 aromatic carbocycles. The summed E-state index contributed by atoms with van der Waals surface area (Å²) in [5.41, 5.74) is 2.10. The van der Waals surface area contributed by atoms with Crippen LogP contribution < -0.4 is 10.6 Å². The molecule has 1 aromatic heterocycles. The summed E-state index contributed by atoms with van der Waals surface area (Å²) in [6.45, 7) is 1.28. The van der Waals surface area contributed by atoms with Crippen molar-refractivity contribution in [1.29, 1.82) is 0 Å². The molecule has 2 N–H and O–H groups in total. The first-order valence-electron chi connectivity index (χ1n) is 8.99. The van der Waals surface area contributed by atoms with Gasteiger partial charge in [0.25, 0.3) is 5.69 Å². The number of anilines is 1. The Kier molecular flexibility index (Phi) is 6.66. The molecule has 1 heterocycles. The first-order valence-corrected chi connectivity index (χ1v) is 8.99. The third-order valence-electron chi connectivity index (χ3n) is 3.99. The van der Waals surface area contributed by atoms with Crippen LogP contribution in [0.15, 0.2) is 66.9 Å². The summed E-state index contributed by atoms with van der Waals surface area (Å²) >= 11 is 0. The van der Waals surface area contributed by atoms with Crippen LogP contribution in [-0.4, -0.2) is 38.9 Å². The lowest BCUT2D eigenvalue weighted by Gasteiger charge is -2.07. The molecule has 0 radical (unpaired) electrons. The topological polar surface area (TPSA) is 115 Å². The van der Waals surface area contributed by atoms with E-state index >= 15 is 0 Å². The van der Waals surface area contributed by atoms with E-state index in [1.165, 1.54) is 12.1 Å². The Hall–Kier alpha value is -4.01. The van der Waals surface area contributed by atoms with Gasteiger partial charge in [0.2, 0.25) is 5.91 Å². The van der Waals surface area contributed by atoms with Crippen molar-refractivity contribution in [2.75, 3.05) is 18.4 Å². The van der Waals surface area contributed by atoms with Gasteiger partial charge in [0.1, 0.15) is 11.4 Å². The normalized spacial score (nSPS) is 10.8. The Morgan fingerprint density at radius 2 is 1.86 bits per heavy atom. The molecule has 0 bridgehead atoms. The van der Waals surface area contributed by atoms with Gasteiger partial charge in [-0.05, 0) is 17.7 Å². The minimum absolute atomic E-state index is 0.00249. The van der Waals surface area contributed by atoms with E-state index < -0.39 is 4.92 Å². The van der Waals surface area contributed by atoms with E-state index in [9.17, 15) is 14.9 Å². The molecular formula is C20H20N6O3. The second-order valence-electron chi connectivity index (χ2n) is 6.15. The summed E-state index contributed by atoms with van der Waals surface area (Å²) in [6, 6.07) is 16.2. The van der Waals surface area contributed by atoms with Gasteiger partial charge in [0, 0.05) is 25.2 Å². The maximum absolute atomic E-state index is 11.9. The molecule has 0 spiro atoms. The van der Waals surface area contributed by atoms with E-state index in [0.717, 1.165) is 5.56 Å². The summed E-state index contributed by atoms with van der Waals surface area (Å²) in [4.78, 5) is 22.4. The van der Waals surface area contributed by atoms with Crippen LogP contribution in [0.3, 0.4) is 0 Å². The Morgan fingerprint density at radius 3 is 2.66 bits per heavy atom. The zero-order chi connectivity index (χ0) is 20.5. The third kappa shape index (κ3) is 5.99. The fraction of sp³-hybridized carbons (Fsp3) is 0.150. The lowest BCUT2D eigenvalue weighted by molar-refractivity contribution is -0.384. The van der Waals surface area contributed by atoms with E-state index in [1.54, 1.807) is 35.2 Å². The van der Waals surface area contributed by atoms with Gasteiger partial charge >= 0.3 is 0 Å². The van der Waals surface area contributed by atoms with Gasteiger partial charge in [-0.3, -0.25) is 14.9 Å². The average molecular weight is 392 g/mol. The molecule has 3 rings (SSSR count). The number of nitrogens with one attached hydrogen (secondary N) is 2. The molecule has 0 atom stereocenters. The molecule has 9 heteroatoms. The van der Waals surface area contributed by atoms with Gasteiger partial charge in [-0.1, -0.05) is 47.7 Å². The number of hydrogen-bond donors (Lipinski definition) is 2. The van der Waals surface area contributed by atoms with E-state index in [1.807, 2.05) is 30.3 Å². The van der Waals surface area contributed by atoms with Crippen LogP contribution in [0.4, 0.5) is 11.4 Å². The third-order valence-corrected chi connectivity index (χ3v) is 3.99. The number of carbonyl (C=O) groups is 1. The van der Waals surface area contributed by atoms with Crippen molar-refractivity contribution in [3.8, 4) is 0 Å². The molecule has 0 aliphatic carbocycles. The predicted molar refractivity (Wildman–Crippen MR) is 109 cm³/mol. The largest absolute Gasteiger partial charge is 0.378 e. The monoisotopic (exact) mass is 392 g/mol. The molecule has 1 amide bonds. The highest BCUT2D eigenvalue weighted by atomic mass is 16.6. The van der Waals surface area contributed by atoms with Crippen LogP contribution in [0.5, 0.6) is 0 Å². The lowest BCUT2D eigenvalue weighted by Crippen LogP contribution is -2.27. The fourth-order valence-electron chi connectivity index (χ4n) is 2.62. The molecule has 0 saturated carbocycles. The second kappa shape index (κ2) is 9.79. The predicted octanol–water partition coefficient (Wildman–Crippen LogP) is 2.48. The van der Waals surface area contributed by atoms with Crippen molar-refractivity contribution in [2.45, 2.75) is 6.54 Å². The molecule has 0 fully saturated rings. The number of amides is 1. The fourth-order valence-corrected chi connectivity index (χ4v) is 2.62. The highest BCUT2D eigenvalue weighted by Gasteiger charge is 2.11. The lowest BCUT2D eigenvalue weighted by atomic mass is 10.2. The van der Waals surface area contributed by atoms with Gasteiger partial charge in [0.15, 0.2) is 0 Å². The van der Waals surface area contributed by atoms with Crippen LogP contribution in [0, 0.1) is 10.1 Å². The van der Waals surface area contributed by atoms with Crippen molar-refractivity contribution in [2.24, 2.45) is 0 Å². The smallest absolute Gasteiger partial charge is 0.292 e. The van der Waals surface area contributed by atoms with E-state index in [-0.39, 0.29) is 11.6 Å². The van der Waals surface area contributed by atoms with Crippen LogP contribution in [0.2, 0.25) is 0 Å². The highest BCUT2D eigenvalue weighted by molar-refractivity contribution is 5.91. The number of hydrogen-bond acceptors (Lipinski definition) is 6.